The van der Waals surface area contributed by atoms with E-state index >= 15 is 0 Å². The Hall–Kier alpha value is -0.810. The van der Waals surface area contributed by atoms with Gasteiger partial charge in [-0.2, -0.15) is 0 Å². The van der Waals surface area contributed by atoms with Gasteiger partial charge in [-0.1, -0.05) is 5.16 Å². The third kappa shape index (κ3) is 8.20. The predicted molar refractivity (Wildman–Crippen MR) is 63.3 cm³/mol. The molecule has 0 saturated heterocycles. The summed E-state index contributed by atoms with van der Waals surface area (Å²) in [5, 5.41) is 14.8. The van der Waals surface area contributed by atoms with Crippen molar-refractivity contribution < 1.29 is 5.21 Å². The van der Waals surface area contributed by atoms with Crippen molar-refractivity contribution >= 4 is 5.84 Å². The number of nitrogens with two attached hydrogens (primary N) is 1. The first-order valence-electron chi connectivity index (χ1n) is 5.33. The van der Waals surface area contributed by atoms with E-state index in [-0.39, 0.29) is 11.9 Å². The quantitative estimate of drug-likeness (QED) is 0.250. The number of hydrogen-bond acceptors (Lipinski definition) is 4. The molecule has 0 aromatic heterocycles. The van der Waals surface area contributed by atoms with Crippen molar-refractivity contribution in [3.63, 3.8) is 0 Å². The number of amidine groups is 1. The van der Waals surface area contributed by atoms with Crippen molar-refractivity contribution in [1.82, 2.24) is 10.2 Å². The van der Waals surface area contributed by atoms with Gasteiger partial charge in [0, 0.05) is 18.5 Å². The Kier molecular flexibility index (Phi) is 7.07. The molecule has 0 aromatic carbocycles. The van der Waals surface area contributed by atoms with Gasteiger partial charge in [0.2, 0.25) is 0 Å². The maximum absolute atomic E-state index is 8.42. The zero-order valence-corrected chi connectivity index (χ0v) is 10.2. The van der Waals surface area contributed by atoms with E-state index in [0.29, 0.717) is 12.5 Å². The van der Waals surface area contributed by atoms with E-state index in [1.54, 1.807) is 0 Å². The molecule has 2 atom stereocenters. The molecule has 0 heterocycles. The lowest BCUT2D eigenvalue weighted by Crippen LogP contribution is -2.38. The summed E-state index contributed by atoms with van der Waals surface area (Å²) >= 11 is 0. The maximum Gasteiger partial charge on any atom is 0.140 e. The molecular weight excluding hydrogens is 192 g/mol. The molecule has 0 fully saturated rings. The van der Waals surface area contributed by atoms with Crippen LogP contribution in [0.4, 0.5) is 0 Å². The molecule has 0 amide bonds. The maximum atomic E-state index is 8.42. The second-order valence-corrected chi connectivity index (χ2v) is 4.36. The molecule has 2 unspecified atom stereocenters. The molecule has 0 rings (SSSR count). The third-order valence-electron chi connectivity index (χ3n) is 2.22. The molecule has 0 aromatic rings. The summed E-state index contributed by atoms with van der Waals surface area (Å²) in [6, 6.07) is 0.673. The molecule has 4 N–H and O–H groups in total. The highest BCUT2D eigenvalue weighted by molar-refractivity contribution is 5.80. The lowest BCUT2D eigenvalue weighted by Gasteiger charge is -2.21. The summed E-state index contributed by atoms with van der Waals surface area (Å²) in [7, 11) is 4.12. The van der Waals surface area contributed by atoms with Crippen molar-refractivity contribution in [2.75, 3.05) is 20.6 Å². The highest BCUT2D eigenvalue weighted by atomic mass is 16.4. The van der Waals surface area contributed by atoms with E-state index in [4.69, 9.17) is 10.9 Å². The molecule has 0 bridgehead atoms. The Morgan fingerprint density at radius 1 is 1.40 bits per heavy atom. The molecule has 90 valence electrons. The Morgan fingerprint density at radius 2 is 2.00 bits per heavy atom. The van der Waals surface area contributed by atoms with Crippen LogP contribution in [0.3, 0.4) is 0 Å². The fraction of sp³-hybridized carbons (Fsp3) is 0.900. The molecule has 5 nitrogen and oxygen atoms in total. The van der Waals surface area contributed by atoms with Crippen molar-refractivity contribution in [2.45, 2.75) is 38.8 Å². The smallest absolute Gasteiger partial charge is 0.140 e. The van der Waals surface area contributed by atoms with Crippen LogP contribution in [0.5, 0.6) is 0 Å². The lowest BCUT2D eigenvalue weighted by atomic mass is 10.1. The Balaban J connectivity index is 3.71. The van der Waals surface area contributed by atoms with Crippen LogP contribution in [0.2, 0.25) is 0 Å². The average Bonchev–Trinajstić information content (AvgIpc) is 2.14. The fourth-order valence-electron chi connectivity index (χ4n) is 1.43. The van der Waals surface area contributed by atoms with Crippen LogP contribution in [0.1, 0.15) is 26.7 Å². The summed E-state index contributed by atoms with van der Waals surface area (Å²) in [6.45, 7) is 5.24. The first-order valence-corrected chi connectivity index (χ1v) is 5.33. The number of hydrogen-bond donors (Lipinski definition) is 3. The van der Waals surface area contributed by atoms with Crippen LogP contribution in [0.25, 0.3) is 0 Å². The first kappa shape index (κ1) is 14.2. The lowest BCUT2D eigenvalue weighted by molar-refractivity contribution is 0.314. The standard InChI is InChI=1S/C10H24N4O/c1-8(5-6-14(3)4)12-9(2)7-10(11)13-15/h8-9,12,15H,5-7H2,1-4H3,(H2,11,13). The average molecular weight is 216 g/mol. The third-order valence-corrected chi connectivity index (χ3v) is 2.22. The molecule has 0 aliphatic rings. The minimum absolute atomic E-state index is 0.234. The van der Waals surface area contributed by atoms with Crippen LogP contribution < -0.4 is 11.1 Å². The second-order valence-electron chi connectivity index (χ2n) is 4.36. The summed E-state index contributed by atoms with van der Waals surface area (Å²) < 4.78 is 0. The number of rotatable bonds is 7. The van der Waals surface area contributed by atoms with Crippen molar-refractivity contribution in [1.29, 1.82) is 0 Å². The molecule has 0 radical (unpaired) electrons. The minimum Gasteiger partial charge on any atom is -0.409 e. The molecule has 15 heavy (non-hydrogen) atoms. The van der Waals surface area contributed by atoms with Gasteiger partial charge in [0.25, 0.3) is 0 Å². The largest absolute Gasteiger partial charge is 0.409 e. The summed E-state index contributed by atoms with van der Waals surface area (Å²) in [5.41, 5.74) is 5.42. The van der Waals surface area contributed by atoms with Gasteiger partial charge in [-0.25, -0.2) is 0 Å². The van der Waals surface area contributed by atoms with Gasteiger partial charge in [-0.15, -0.1) is 0 Å². The van der Waals surface area contributed by atoms with E-state index in [2.05, 4.69) is 36.4 Å². The fourth-order valence-corrected chi connectivity index (χ4v) is 1.43. The molecule has 0 saturated carbocycles. The van der Waals surface area contributed by atoms with Gasteiger partial charge >= 0.3 is 0 Å². The van der Waals surface area contributed by atoms with E-state index in [9.17, 15) is 0 Å². The van der Waals surface area contributed by atoms with Gasteiger partial charge in [-0.05, 0) is 40.9 Å². The molecule has 0 aliphatic heterocycles. The summed E-state index contributed by atoms with van der Waals surface area (Å²) in [5.74, 6) is 0.273. The highest BCUT2D eigenvalue weighted by Crippen LogP contribution is 1.97. The first-order chi connectivity index (χ1) is 6.95. The van der Waals surface area contributed by atoms with E-state index in [0.717, 1.165) is 13.0 Å². The van der Waals surface area contributed by atoms with Gasteiger partial charge < -0.3 is 21.2 Å². The van der Waals surface area contributed by atoms with Gasteiger partial charge in [0.05, 0.1) is 0 Å². The SMILES string of the molecule is CC(CCN(C)C)NC(C)CC(N)=NO. The monoisotopic (exact) mass is 216 g/mol. The number of nitrogens with one attached hydrogen (secondary N) is 1. The molecule has 5 heteroatoms. The number of nitrogens with zero attached hydrogens (tertiary/aromatic N) is 2. The van der Waals surface area contributed by atoms with Crippen molar-refractivity contribution in [3.8, 4) is 0 Å². The van der Waals surface area contributed by atoms with Gasteiger partial charge in [0.15, 0.2) is 0 Å². The zero-order valence-electron chi connectivity index (χ0n) is 10.2. The van der Waals surface area contributed by atoms with Crippen LogP contribution in [0.15, 0.2) is 5.16 Å². The summed E-state index contributed by atoms with van der Waals surface area (Å²) in [4.78, 5) is 2.16. The van der Waals surface area contributed by atoms with Gasteiger partial charge in [-0.3, -0.25) is 0 Å². The Morgan fingerprint density at radius 3 is 2.47 bits per heavy atom. The van der Waals surface area contributed by atoms with Crippen LogP contribution >= 0.6 is 0 Å². The normalized spacial score (nSPS) is 16.7. The van der Waals surface area contributed by atoms with E-state index < -0.39 is 0 Å². The van der Waals surface area contributed by atoms with Crippen molar-refractivity contribution in [3.05, 3.63) is 0 Å². The van der Waals surface area contributed by atoms with E-state index in [1.807, 2.05) is 6.92 Å². The highest BCUT2D eigenvalue weighted by Gasteiger charge is 2.09. The van der Waals surface area contributed by atoms with E-state index in [1.165, 1.54) is 0 Å². The zero-order chi connectivity index (χ0) is 11.8. The molecule has 0 spiro atoms. The summed E-state index contributed by atoms with van der Waals surface area (Å²) in [6.07, 6.45) is 1.66. The predicted octanol–water partition coefficient (Wildman–Crippen LogP) is 0.441. The Labute approximate surface area is 92.3 Å². The van der Waals surface area contributed by atoms with Gasteiger partial charge in [0.1, 0.15) is 5.84 Å². The number of oxime groups is 1. The molecule has 0 aliphatic carbocycles. The van der Waals surface area contributed by atoms with Crippen molar-refractivity contribution in [2.24, 2.45) is 10.9 Å². The topological polar surface area (TPSA) is 73.9 Å². The minimum atomic E-state index is 0.234. The Bertz CT molecular complexity index is 194. The van der Waals surface area contributed by atoms with Crippen LogP contribution in [-0.2, 0) is 0 Å². The second kappa shape index (κ2) is 7.48. The van der Waals surface area contributed by atoms with Crippen LogP contribution in [-0.4, -0.2) is 48.7 Å². The molecular formula is C10H24N4O. The van der Waals surface area contributed by atoms with Crippen LogP contribution in [0, 0.1) is 0 Å².